The number of nitrogens with zero attached hydrogens (tertiary/aromatic N) is 1. The Morgan fingerprint density at radius 3 is 2.35 bits per heavy atom. The van der Waals surface area contributed by atoms with Crippen LogP contribution in [0.5, 0.6) is 0 Å². The number of piperidine rings is 1. The van der Waals surface area contributed by atoms with E-state index in [-0.39, 0.29) is 28.1 Å². The third-order valence-electron chi connectivity index (χ3n) is 4.07. The largest absolute Gasteiger partial charge is 0.481 e. The van der Waals surface area contributed by atoms with Crippen LogP contribution in [0.3, 0.4) is 0 Å². The van der Waals surface area contributed by atoms with Gasteiger partial charge in [0.15, 0.2) is 0 Å². The number of rotatable bonds is 3. The van der Waals surface area contributed by atoms with Crippen LogP contribution in [0.25, 0.3) is 0 Å². The molecule has 1 aromatic carbocycles. The number of aliphatic carboxylic acids is 1. The molecule has 0 aliphatic carbocycles. The number of halogens is 1. The number of amides is 3. The fraction of sp³-hybridized carbons (Fsp3) is 0.500. The van der Waals surface area contributed by atoms with E-state index in [1.807, 2.05) is 20.8 Å². The highest BCUT2D eigenvalue weighted by Gasteiger charge is 2.28. The predicted molar refractivity (Wildman–Crippen MR) is 99.6 cm³/mol. The molecule has 3 N–H and O–H groups in total. The van der Waals surface area contributed by atoms with Crippen LogP contribution in [-0.2, 0) is 4.79 Å². The van der Waals surface area contributed by atoms with E-state index >= 15 is 0 Å². The zero-order valence-corrected chi connectivity index (χ0v) is 15.9. The van der Waals surface area contributed by atoms with E-state index in [0.717, 1.165) is 0 Å². The summed E-state index contributed by atoms with van der Waals surface area (Å²) in [4.78, 5) is 37.3. The fourth-order valence-corrected chi connectivity index (χ4v) is 2.97. The van der Waals surface area contributed by atoms with Crippen LogP contribution in [0, 0.1) is 5.92 Å². The molecular weight excluding hydrogens is 358 g/mol. The number of carbonyl (C=O) groups excluding carboxylic acids is 2. The number of urea groups is 1. The van der Waals surface area contributed by atoms with E-state index in [0.29, 0.717) is 31.6 Å². The van der Waals surface area contributed by atoms with E-state index in [1.54, 1.807) is 17.0 Å². The second-order valence-electron chi connectivity index (χ2n) is 7.43. The average molecular weight is 382 g/mol. The fourth-order valence-electron chi connectivity index (χ4n) is 2.77. The highest BCUT2D eigenvalue weighted by Crippen LogP contribution is 2.25. The van der Waals surface area contributed by atoms with Crippen LogP contribution >= 0.6 is 11.6 Å². The second-order valence-corrected chi connectivity index (χ2v) is 7.84. The van der Waals surface area contributed by atoms with Gasteiger partial charge in [0.05, 0.1) is 16.5 Å². The van der Waals surface area contributed by atoms with Crippen molar-refractivity contribution in [3.8, 4) is 0 Å². The van der Waals surface area contributed by atoms with Crippen molar-refractivity contribution in [1.82, 2.24) is 10.2 Å². The molecule has 0 radical (unpaired) electrons. The number of anilines is 1. The van der Waals surface area contributed by atoms with Crippen LogP contribution in [0.15, 0.2) is 18.2 Å². The molecule has 1 saturated heterocycles. The number of nitrogens with one attached hydrogen (secondary N) is 2. The molecule has 0 unspecified atom stereocenters. The molecule has 1 aliphatic heterocycles. The van der Waals surface area contributed by atoms with E-state index in [4.69, 9.17) is 16.7 Å². The molecule has 3 amide bonds. The average Bonchev–Trinajstić information content (AvgIpc) is 2.54. The predicted octanol–water partition coefficient (Wildman–Crippen LogP) is 3.20. The lowest BCUT2D eigenvalue weighted by atomic mass is 9.96. The summed E-state index contributed by atoms with van der Waals surface area (Å²) in [7, 11) is 0. The van der Waals surface area contributed by atoms with Gasteiger partial charge in [-0.25, -0.2) is 4.79 Å². The van der Waals surface area contributed by atoms with Gasteiger partial charge in [-0.1, -0.05) is 11.6 Å². The molecule has 0 aromatic heterocycles. The van der Waals surface area contributed by atoms with Crippen molar-refractivity contribution in [1.29, 1.82) is 0 Å². The first-order valence-corrected chi connectivity index (χ1v) is 8.85. The zero-order valence-electron chi connectivity index (χ0n) is 15.1. The number of carbonyl (C=O) groups is 3. The number of hydrogen-bond donors (Lipinski definition) is 3. The number of benzene rings is 1. The summed E-state index contributed by atoms with van der Waals surface area (Å²) >= 11 is 6.16. The summed E-state index contributed by atoms with van der Waals surface area (Å²) in [5, 5.41) is 14.8. The normalized spacial score (nSPS) is 15.5. The van der Waals surface area contributed by atoms with Gasteiger partial charge in [-0.3, -0.25) is 9.59 Å². The van der Waals surface area contributed by atoms with Crippen molar-refractivity contribution in [3.05, 3.63) is 28.8 Å². The standard InChI is InChI=1S/C18H24ClN3O4/c1-18(2,3)21-17(26)20-12-4-5-14(19)13(10-12)15(23)22-8-6-11(7-9-22)16(24)25/h4-5,10-11H,6-9H2,1-3H3,(H,24,25)(H2,20,21,26). The van der Waals surface area contributed by atoms with Gasteiger partial charge in [-0.05, 0) is 51.8 Å². The molecule has 0 spiro atoms. The monoisotopic (exact) mass is 381 g/mol. The van der Waals surface area contributed by atoms with E-state index in [9.17, 15) is 14.4 Å². The molecule has 1 fully saturated rings. The lowest BCUT2D eigenvalue weighted by Crippen LogP contribution is -2.43. The summed E-state index contributed by atoms with van der Waals surface area (Å²) in [5.74, 6) is -1.51. The van der Waals surface area contributed by atoms with Crippen molar-refractivity contribution in [2.24, 2.45) is 5.92 Å². The van der Waals surface area contributed by atoms with Crippen molar-refractivity contribution in [3.63, 3.8) is 0 Å². The van der Waals surface area contributed by atoms with Gasteiger partial charge >= 0.3 is 12.0 Å². The van der Waals surface area contributed by atoms with Gasteiger partial charge in [0.1, 0.15) is 0 Å². The van der Waals surface area contributed by atoms with Crippen LogP contribution in [0.4, 0.5) is 10.5 Å². The Hall–Kier alpha value is -2.28. The molecule has 26 heavy (non-hydrogen) atoms. The molecule has 7 nitrogen and oxygen atoms in total. The van der Waals surface area contributed by atoms with Crippen molar-refractivity contribution in [2.75, 3.05) is 18.4 Å². The van der Waals surface area contributed by atoms with Crippen molar-refractivity contribution < 1.29 is 19.5 Å². The molecular formula is C18H24ClN3O4. The summed E-state index contributed by atoms with van der Waals surface area (Å²) in [6, 6.07) is 4.35. The van der Waals surface area contributed by atoms with Gasteiger partial charge in [0, 0.05) is 24.3 Å². The maximum absolute atomic E-state index is 12.7. The molecule has 8 heteroatoms. The Kier molecular flexibility index (Phi) is 6.13. The molecule has 1 aromatic rings. The van der Waals surface area contributed by atoms with Crippen LogP contribution in [-0.4, -0.2) is 46.5 Å². The van der Waals surface area contributed by atoms with Crippen LogP contribution in [0.1, 0.15) is 44.0 Å². The Bertz CT molecular complexity index is 707. The van der Waals surface area contributed by atoms with Gasteiger partial charge in [-0.2, -0.15) is 0 Å². The van der Waals surface area contributed by atoms with Gasteiger partial charge in [0.2, 0.25) is 0 Å². The highest BCUT2D eigenvalue weighted by molar-refractivity contribution is 6.34. The smallest absolute Gasteiger partial charge is 0.319 e. The van der Waals surface area contributed by atoms with Crippen LogP contribution in [0.2, 0.25) is 5.02 Å². The minimum atomic E-state index is -0.828. The molecule has 0 saturated carbocycles. The Morgan fingerprint density at radius 1 is 1.19 bits per heavy atom. The van der Waals surface area contributed by atoms with Crippen LogP contribution < -0.4 is 10.6 Å². The first kappa shape index (κ1) is 20.0. The quantitative estimate of drug-likeness (QED) is 0.748. The molecule has 1 heterocycles. The number of likely N-dealkylation sites (tertiary alicyclic amines) is 1. The minimum absolute atomic E-state index is 0.265. The molecule has 0 atom stereocenters. The molecule has 0 bridgehead atoms. The number of carboxylic acid groups (broad SMARTS) is 1. The number of hydrogen-bond acceptors (Lipinski definition) is 3. The molecule has 142 valence electrons. The maximum Gasteiger partial charge on any atom is 0.319 e. The summed E-state index contributed by atoms with van der Waals surface area (Å²) in [6.45, 7) is 6.33. The lowest BCUT2D eigenvalue weighted by Gasteiger charge is -2.30. The van der Waals surface area contributed by atoms with E-state index < -0.39 is 11.9 Å². The lowest BCUT2D eigenvalue weighted by molar-refractivity contribution is -0.143. The molecule has 1 aliphatic rings. The van der Waals surface area contributed by atoms with E-state index in [2.05, 4.69) is 10.6 Å². The highest BCUT2D eigenvalue weighted by atomic mass is 35.5. The minimum Gasteiger partial charge on any atom is -0.481 e. The topological polar surface area (TPSA) is 98.7 Å². The SMILES string of the molecule is CC(C)(C)NC(=O)Nc1ccc(Cl)c(C(=O)N2CCC(C(=O)O)CC2)c1. The third kappa shape index (κ3) is 5.36. The van der Waals surface area contributed by atoms with Gasteiger partial charge < -0.3 is 20.6 Å². The maximum atomic E-state index is 12.7. The van der Waals surface area contributed by atoms with Crippen molar-refractivity contribution >= 4 is 35.2 Å². The van der Waals surface area contributed by atoms with Crippen molar-refractivity contribution in [2.45, 2.75) is 39.2 Å². The zero-order chi connectivity index (χ0) is 19.5. The first-order chi connectivity index (χ1) is 12.1. The van der Waals surface area contributed by atoms with E-state index in [1.165, 1.54) is 6.07 Å². The second kappa shape index (κ2) is 7.95. The summed E-state index contributed by atoms with van der Waals surface area (Å²) in [6.07, 6.45) is 0.843. The molecule has 2 rings (SSSR count). The summed E-state index contributed by atoms with van der Waals surface area (Å²) in [5.41, 5.74) is 0.359. The Morgan fingerprint density at radius 2 is 1.81 bits per heavy atom. The van der Waals surface area contributed by atoms with Gasteiger partial charge in [-0.15, -0.1) is 0 Å². The third-order valence-corrected chi connectivity index (χ3v) is 4.40. The summed E-state index contributed by atoms with van der Waals surface area (Å²) < 4.78 is 0. The number of carboxylic acids is 1. The Balaban J connectivity index is 2.08. The first-order valence-electron chi connectivity index (χ1n) is 8.47. The Labute approximate surface area is 157 Å². The van der Waals surface area contributed by atoms with Gasteiger partial charge in [0.25, 0.3) is 5.91 Å².